The molecular weight excluding hydrogens is 237 g/mol. The average Bonchev–Trinajstić information content (AvgIpc) is 1.95. The van der Waals surface area contributed by atoms with Gasteiger partial charge in [-0.1, -0.05) is 0 Å². The summed E-state index contributed by atoms with van der Waals surface area (Å²) in [5, 5.41) is 0. The summed E-state index contributed by atoms with van der Waals surface area (Å²) in [6.07, 6.45) is 1.58. The molecule has 0 unspecified atom stereocenters. The van der Waals surface area contributed by atoms with Crippen molar-refractivity contribution in [3.63, 3.8) is 0 Å². The van der Waals surface area contributed by atoms with Crippen LogP contribution in [0.2, 0.25) is 12.5 Å². The van der Waals surface area contributed by atoms with Crippen LogP contribution in [0.5, 0.6) is 0 Å². The first-order valence-electron chi connectivity index (χ1n) is 5.09. The summed E-state index contributed by atoms with van der Waals surface area (Å²) in [5.74, 6) is 0. The molecule has 0 saturated carbocycles. The van der Waals surface area contributed by atoms with Crippen LogP contribution >= 0.6 is 0 Å². The summed E-state index contributed by atoms with van der Waals surface area (Å²) in [6, 6.07) is 0. The first-order chi connectivity index (χ1) is 5.36. The zero-order chi connectivity index (χ0) is 8.10. The van der Waals surface area contributed by atoms with Gasteiger partial charge in [-0.3, -0.25) is 0 Å². The molecule has 64 valence electrons. The summed E-state index contributed by atoms with van der Waals surface area (Å²) < 4.78 is 5.08. The normalized spacial score (nSPS) is 17.2. The minimum atomic E-state index is -0.744. The summed E-state index contributed by atoms with van der Waals surface area (Å²) in [5.41, 5.74) is 0. The van der Waals surface area contributed by atoms with Gasteiger partial charge in [0.25, 0.3) is 0 Å². The van der Waals surface area contributed by atoms with Crippen LogP contribution in [0.15, 0.2) is 0 Å². The molecule has 1 fully saturated rings. The van der Waals surface area contributed by atoms with Gasteiger partial charge in [0.1, 0.15) is 0 Å². The summed E-state index contributed by atoms with van der Waals surface area (Å²) in [6.45, 7) is 8.50. The molecule has 0 N–H and O–H groups in total. The fourth-order valence-corrected chi connectivity index (χ4v) is 8.23. The van der Waals surface area contributed by atoms with E-state index in [0.29, 0.717) is 0 Å². The molecule has 0 spiro atoms. The van der Waals surface area contributed by atoms with Gasteiger partial charge >= 0.3 is 78.8 Å². The Labute approximate surface area is 78.7 Å². The molecule has 0 bridgehead atoms. The van der Waals surface area contributed by atoms with Gasteiger partial charge in [0.2, 0.25) is 0 Å². The predicted octanol–water partition coefficient (Wildman–Crippen LogP) is 2.23. The predicted molar refractivity (Wildman–Crippen MR) is 52.6 cm³/mol. The second-order valence-corrected chi connectivity index (χ2v) is 13.5. The Bertz CT molecular complexity index is 97.7. The van der Waals surface area contributed by atoms with Gasteiger partial charge in [0, 0.05) is 0 Å². The molecular formula is C9H20InN. The van der Waals surface area contributed by atoms with E-state index in [0.717, 1.165) is 0 Å². The Morgan fingerprint density at radius 2 is 1.82 bits per heavy atom. The van der Waals surface area contributed by atoms with Crippen LogP contribution < -0.4 is 0 Å². The van der Waals surface area contributed by atoms with Crippen molar-refractivity contribution in [2.75, 3.05) is 19.6 Å². The van der Waals surface area contributed by atoms with Gasteiger partial charge in [0.15, 0.2) is 0 Å². The van der Waals surface area contributed by atoms with Crippen LogP contribution in [-0.4, -0.2) is 46.0 Å². The molecule has 0 aromatic heterocycles. The molecule has 1 aliphatic rings. The Hall–Kier alpha value is 0.830. The van der Waals surface area contributed by atoms with Crippen molar-refractivity contribution in [3.05, 3.63) is 0 Å². The number of hydrogen-bond acceptors (Lipinski definition) is 1. The van der Waals surface area contributed by atoms with Crippen molar-refractivity contribution in [3.8, 4) is 0 Å². The van der Waals surface area contributed by atoms with E-state index in [4.69, 9.17) is 0 Å². The van der Waals surface area contributed by atoms with Crippen LogP contribution in [0.1, 0.15) is 20.3 Å². The SMILES string of the molecule is CCN(CC)C[CH2][In]1[CH2]C[CH2]1. The van der Waals surface area contributed by atoms with Gasteiger partial charge in [-0.25, -0.2) is 0 Å². The Kier molecular flexibility index (Phi) is 4.93. The third-order valence-corrected chi connectivity index (χ3v) is 13.0. The first-order valence-corrected chi connectivity index (χ1v) is 12.1. The second kappa shape index (κ2) is 5.47. The van der Waals surface area contributed by atoms with Crippen molar-refractivity contribution in [2.45, 2.75) is 32.8 Å². The maximum absolute atomic E-state index is 2.58. The zero-order valence-electron chi connectivity index (χ0n) is 7.97. The van der Waals surface area contributed by atoms with Gasteiger partial charge in [-0.15, -0.1) is 0 Å². The quantitative estimate of drug-likeness (QED) is 0.730. The van der Waals surface area contributed by atoms with Gasteiger partial charge in [-0.2, -0.15) is 0 Å². The van der Waals surface area contributed by atoms with Crippen molar-refractivity contribution < 1.29 is 0 Å². The van der Waals surface area contributed by atoms with E-state index in [1.54, 1.807) is 19.0 Å². The Morgan fingerprint density at radius 3 is 2.18 bits per heavy atom. The molecule has 0 radical (unpaired) electrons. The monoisotopic (exact) mass is 257 g/mol. The molecule has 0 aliphatic carbocycles. The van der Waals surface area contributed by atoms with E-state index >= 15 is 0 Å². The van der Waals surface area contributed by atoms with Crippen LogP contribution in [0.3, 0.4) is 0 Å². The number of rotatable bonds is 5. The molecule has 0 atom stereocenters. The standard InChI is InChI=1S/C6H14N.C3H6.In/c1-4-7(5-2)6-3;1-3-2;/h1,4-6H2,2-3H3;1-3H2;. The van der Waals surface area contributed by atoms with E-state index in [2.05, 4.69) is 18.7 Å². The van der Waals surface area contributed by atoms with Crippen LogP contribution in [0.25, 0.3) is 0 Å². The maximum atomic E-state index is 2.58. The average molecular weight is 257 g/mol. The summed E-state index contributed by atoms with van der Waals surface area (Å²) in [4.78, 5) is 2.58. The fourth-order valence-electron chi connectivity index (χ4n) is 1.69. The Morgan fingerprint density at radius 1 is 1.18 bits per heavy atom. The van der Waals surface area contributed by atoms with Crippen LogP contribution in [-0.2, 0) is 0 Å². The molecule has 1 nitrogen and oxygen atoms in total. The third-order valence-electron chi connectivity index (χ3n) is 2.97. The van der Waals surface area contributed by atoms with E-state index < -0.39 is 21.4 Å². The molecule has 0 aromatic carbocycles. The van der Waals surface area contributed by atoms with E-state index in [1.165, 1.54) is 19.6 Å². The third kappa shape index (κ3) is 3.37. The molecule has 1 saturated heterocycles. The minimum absolute atomic E-state index is 0.744. The number of hydrogen-bond donors (Lipinski definition) is 0. The number of nitrogens with zero attached hydrogens (tertiary/aromatic N) is 1. The van der Waals surface area contributed by atoms with Gasteiger partial charge < -0.3 is 0 Å². The zero-order valence-corrected chi connectivity index (χ0v) is 11.3. The summed E-state index contributed by atoms with van der Waals surface area (Å²) >= 11 is -0.744. The Balaban J connectivity index is 1.99. The molecule has 1 aliphatic heterocycles. The van der Waals surface area contributed by atoms with Crippen LogP contribution in [0.4, 0.5) is 0 Å². The van der Waals surface area contributed by atoms with E-state index in [9.17, 15) is 0 Å². The van der Waals surface area contributed by atoms with Gasteiger partial charge in [-0.05, 0) is 0 Å². The van der Waals surface area contributed by atoms with Crippen LogP contribution in [0, 0.1) is 0 Å². The molecule has 1 rings (SSSR count). The summed E-state index contributed by atoms with van der Waals surface area (Å²) in [7, 11) is 0. The van der Waals surface area contributed by atoms with Gasteiger partial charge in [0.05, 0.1) is 0 Å². The van der Waals surface area contributed by atoms with Crippen molar-refractivity contribution >= 4 is 21.4 Å². The topological polar surface area (TPSA) is 3.24 Å². The van der Waals surface area contributed by atoms with Crippen molar-refractivity contribution in [1.29, 1.82) is 0 Å². The first kappa shape index (κ1) is 9.91. The van der Waals surface area contributed by atoms with E-state index in [-0.39, 0.29) is 0 Å². The molecule has 2 heteroatoms. The molecule has 0 amide bonds. The fraction of sp³-hybridized carbons (Fsp3) is 1.00. The molecule has 0 aromatic rings. The van der Waals surface area contributed by atoms with Crippen molar-refractivity contribution in [2.24, 2.45) is 0 Å². The molecule has 11 heavy (non-hydrogen) atoms. The van der Waals surface area contributed by atoms with Crippen molar-refractivity contribution in [1.82, 2.24) is 4.90 Å². The second-order valence-electron chi connectivity index (χ2n) is 3.61. The molecule has 1 heterocycles. The van der Waals surface area contributed by atoms with E-state index in [1.807, 2.05) is 0 Å².